The summed E-state index contributed by atoms with van der Waals surface area (Å²) in [5.74, 6) is 0.846. The molecule has 0 spiro atoms. The van der Waals surface area contributed by atoms with E-state index in [2.05, 4.69) is 11.9 Å². The summed E-state index contributed by atoms with van der Waals surface area (Å²) in [7, 11) is 0. The van der Waals surface area contributed by atoms with Crippen LogP contribution < -0.4 is 10.5 Å². The summed E-state index contributed by atoms with van der Waals surface area (Å²) in [4.78, 5) is 5.50. The first-order chi connectivity index (χ1) is 9.78. The van der Waals surface area contributed by atoms with Crippen LogP contribution in [0, 0.1) is 0 Å². The minimum Gasteiger partial charge on any atom is -0.487 e. The van der Waals surface area contributed by atoms with Crippen molar-refractivity contribution in [2.75, 3.05) is 0 Å². The molecule has 2 N–H and O–H groups in total. The monoisotopic (exact) mass is 287 g/mol. The molecule has 0 fully saturated rings. The number of ether oxygens (including phenoxy) is 1. The summed E-state index contributed by atoms with van der Waals surface area (Å²) in [5.41, 5.74) is 8.09. The van der Waals surface area contributed by atoms with Crippen molar-refractivity contribution in [3.05, 3.63) is 53.3 Å². The maximum absolute atomic E-state index is 6.11. The second kappa shape index (κ2) is 5.64. The number of benzene rings is 1. The van der Waals surface area contributed by atoms with E-state index in [0.29, 0.717) is 6.61 Å². The van der Waals surface area contributed by atoms with Gasteiger partial charge in [0.15, 0.2) is 4.96 Å². The Hall–Kier alpha value is -1.85. The molecule has 20 heavy (non-hydrogen) atoms. The van der Waals surface area contributed by atoms with E-state index in [1.807, 2.05) is 46.4 Å². The van der Waals surface area contributed by atoms with Crippen LogP contribution in [0.3, 0.4) is 0 Å². The molecule has 0 saturated carbocycles. The van der Waals surface area contributed by atoms with E-state index >= 15 is 0 Å². The molecule has 0 aliphatic carbocycles. The lowest BCUT2D eigenvalue weighted by atomic mass is 10.0. The molecule has 104 valence electrons. The fourth-order valence-electron chi connectivity index (χ4n) is 2.14. The van der Waals surface area contributed by atoms with Crippen molar-refractivity contribution in [2.45, 2.75) is 26.0 Å². The van der Waals surface area contributed by atoms with Gasteiger partial charge < -0.3 is 10.5 Å². The van der Waals surface area contributed by atoms with Crippen LogP contribution in [0.2, 0.25) is 0 Å². The molecule has 0 radical (unpaired) electrons. The molecule has 0 aliphatic heterocycles. The number of fused-ring (bicyclic) bond motifs is 1. The molecule has 0 aliphatic rings. The maximum atomic E-state index is 6.11. The topological polar surface area (TPSA) is 52.5 Å². The van der Waals surface area contributed by atoms with Gasteiger partial charge in [0.1, 0.15) is 12.4 Å². The third-order valence-electron chi connectivity index (χ3n) is 3.28. The lowest BCUT2D eigenvalue weighted by Gasteiger charge is -2.15. The molecule has 0 bridgehead atoms. The zero-order valence-corrected chi connectivity index (χ0v) is 12.1. The van der Waals surface area contributed by atoms with Gasteiger partial charge in [-0.25, -0.2) is 4.98 Å². The van der Waals surface area contributed by atoms with Gasteiger partial charge in [0.25, 0.3) is 0 Å². The fraction of sp³-hybridized carbons (Fsp3) is 0.267. The summed E-state index contributed by atoms with van der Waals surface area (Å²) < 4.78 is 7.90. The molecule has 0 unspecified atom stereocenters. The maximum Gasteiger partial charge on any atom is 0.193 e. The van der Waals surface area contributed by atoms with Crippen LogP contribution in [0.4, 0.5) is 0 Å². The SMILES string of the molecule is CC[C@H](N)c1ccccc1OCc1cn2ccsc2n1. The predicted molar refractivity (Wildman–Crippen MR) is 81.1 cm³/mol. The van der Waals surface area contributed by atoms with Gasteiger partial charge in [0.05, 0.1) is 5.69 Å². The Balaban J connectivity index is 1.76. The van der Waals surface area contributed by atoms with E-state index in [4.69, 9.17) is 10.5 Å². The molecule has 1 atom stereocenters. The highest BCUT2D eigenvalue weighted by Crippen LogP contribution is 2.26. The number of rotatable bonds is 5. The Labute approximate surface area is 121 Å². The standard InChI is InChI=1S/C15H17N3OS/c1-2-13(16)12-5-3-4-6-14(12)19-10-11-9-18-7-8-20-15(18)17-11/h3-9,13H,2,10,16H2,1H3/t13-/m0/s1. The first kappa shape index (κ1) is 13.1. The Morgan fingerprint density at radius 2 is 2.25 bits per heavy atom. The molecule has 1 aromatic carbocycles. The molecular weight excluding hydrogens is 270 g/mol. The van der Waals surface area contributed by atoms with Gasteiger partial charge in [0, 0.05) is 29.4 Å². The van der Waals surface area contributed by atoms with Crippen LogP contribution >= 0.6 is 11.3 Å². The van der Waals surface area contributed by atoms with Crippen LogP contribution in [0.1, 0.15) is 30.6 Å². The zero-order chi connectivity index (χ0) is 13.9. The van der Waals surface area contributed by atoms with Crippen molar-refractivity contribution in [2.24, 2.45) is 5.73 Å². The molecule has 0 amide bonds. The average Bonchev–Trinajstić information content (AvgIpc) is 3.05. The highest BCUT2D eigenvalue weighted by Gasteiger charge is 2.10. The number of aromatic nitrogens is 2. The molecule has 2 heterocycles. The molecule has 3 rings (SSSR count). The van der Waals surface area contributed by atoms with Crippen LogP contribution in [-0.2, 0) is 6.61 Å². The lowest BCUT2D eigenvalue weighted by Crippen LogP contribution is -2.10. The second-order valence-corrected chi connectivity index (χ2v) is 5.54. The molecule has 3 aromatic rings. The number of hydrogen-bond acceptors (Lipinski definition) is 4. The van der Waals surface area contributed by atoms with E-state index in [1.165, 1.54) is 0 Å². The van der Waals surface area contributed by atoms with Gasteiger partial charge in [-0.2, -0.15) is 0 Å². The zero-order valence-electron chi connectivity index (χ0n) is 11.3. The summed E-state index contributed by atoms with van der Waals surface area (Å²) in [6, 6.07) is 7.95. The lowest BCUT2D eigenvalue weighted by molar-refractivity contribution is 0.296. The average molecular weight is 287 g/mol. The van der Waals surface area contributed by atoms with Gasteiger partial charge in [-0.05, 0) is 12.5 Å². The number of para-hydroxylation sites is 1. The summed E-state index contributed by atoms with van der Waals surface area (Å²) in [5, 5.41) is 2.02. The number of hydrogen-bond donors (Lipinski definition) is 1. The third kappa shape index (κ3) is 2.55. The third-order valence-corrected chi connectivity index (χ3v) is 4.05. The smallest absolute Gasteiger partial charge is 0.193 e. The second-order valence-electron chi connectivity index (χ2n) is 4.67. The van der Waals surface area contributed by atoms with Gasteiger partial charge in [-0.15, -0.1) is 11.3 Å². The molecule has 0 saturated heterocycles. The minimum atomic E-state index is 0.0108. The molecule has 2 aromatic heterocycles. The van der Waals surface area contributed by atoms with E-state index in [0.717, 1.165) is 28.4 Å². The van der Waals surface area contributed by atoms with Gasteiger partial charge in [-0.1, -0.05) is 25.1 Å². The highest BCUT2D eigenvalue weighted by molar-refractivity contribution is 7.15. The summed E-state index contributed by atoms with van der Waals surface area (Å²) in [6.45, 7) is 2.53. The first-order valence-electron chi connectivity index (χ1n) is 6.66. The molecular formula is C15H17N3OS. The summed E-state index contributed by atoms with van der Waals surface area (Å²) in [6.07, 6.45) is 4.88. The van der Waals surface area contributed by atoms with E-state index in [-0.39, 0.29) is 6.04 Å². The highest BCUT2D eigenvalue weighted by atomic mass is 32.1. The molecule has 4 nitrogen and oxygen atoms in total. The van der Waals surface area contributed by atoms with Crippen molar-refractivity contribution in [3.63, 3.8) is 0 Å². The van der Waals surface area contributed by atoms with Crippen molar-refractivity contribution >= 4 is 16.3 Å². The number of thiazole rings is 1. The largest absolute Gasteiger partial charge is 0.487 e. The van der Waals surface area contributed by atoms with Crippen LogP contribution in [-0.4, -0.2) is 9.38 Å². The Bertz CT molecular complexity index is 675. The van der Waals surface area contributed by atoms with E-state index in [9.17, 15) is 0 Å². The van der Waals surface area contributed by atoms with Gasteiger partial charge >= 0.3 is 0 Å². The van der Waals surface area contributed by atoms with E-state index < -0.39 is 0 Å². The van der Waals surface area contributed by atoms with Crippen molar-refractivity contribution in [1.82, 2.24) is 9.38 Å². The van der Waals surface area contributed by atoms with Crippen molar-refractivity contribution in [1.29, 1.82) is 0 Å². The normalized spacial score (nSPS) is 12.7. The minimum absolute atomic E-state index is 0.0108. The van der Waals surface area contributed by atoms with Gasteiger partial charge in [-0.3, -0.25) is 4.40 Å². The van der Waals surface area contributed by atoms with Crippen LogP contribution in [0.25, 0.3) is 4.96 Å². The number of nitrogens with two attached hydrogens (primary N) is 1. The van der Waals surface area contributed by atoms with Crippen LogP contribution in [0.15, 0.2) is 42.0 Å². The Morgan fingerprint density at radius 1 is 1.40 bits per heavy atom. The van der Waals surface area contributed by atoms with E-state index in [1.54, 1.807) is 11.3 Å². The number of nitrogens with zero attached hydrogens (tertiary/aromatic N) is 2. The summed E-state index contributed by atoms with van der Waals surface area (Å²) >= 11 is 1.62. The Morgan fingerprint density at radius 3 is 3.05 bits per heavy atom. The Kier molecular flexibility index (Phi) is 3.71. The molecule has 5 heteroatoms. The van der Waals surface area contributed by atoms with Crippen molar-refractivity contribution in [3.8, 4) is 5.75 Å². The van der Waals surface area contributed by atoms with Crippen LogP contribution in [0.5, 0.6) is 5.75 Å². The fourth-order valence-corrected chi connectivity index (χ4v) is 2.85. The first-order valence-corrected chi connectivity index (χ1v) is 7.54. The van der Waals surface area contributed by atoms with Crippen molar-refractivity contribution < 1.29 is 4.74 Å². The number of imidazole rings is 1. The quantitative estimate of drug-likeness (QED) is 0.782. The van der Waals surface area contributed by atoms with Gasteiger partial charge in [0.2, 0.25) is 0 Å². The predicted octanol–water partition coefficient (Wildman–Crippen LogP) is 3.38.